The molecule has 0 saturated heterocycles. The molecule has 0 amide bonds. The van der Waals surface area contributed by atoms with Crippen LogP contribution in [-0.4, -0.2) is 11.1 Å². The van der Waals surface area contributed by atoms with Gasteiger partial charge >= 0.3 is 0 Å². The molecule has 4 nitrogen and oxygen atoms in total. The number of hydrogen-bond acceptors (Lipinski definition) is 4. The molecule has 1 aromatic rings. The van der Waals surface area contributed by atoms with Gasteiger partial charge in [0.05, 0.1) is 11.8 Å². The molecule has 0 aliphatic rings. The number of aromatic nitrogens is 1. The molecule has 2 N–H and O–H groups in total. The maximum atomic E-state index is 8.73. The van der Waals surface area contributed by atoms with Crippen molar-refractivity contribution in [1.29, 1.82) is 5.26 Å². The average Bonchev–Trinajstić information content (AvgIpc) is 2.21. The predicted molar refractivity (Wildman–Crippen MR) is 58.4 cm³/mol. The van der Waals surface area contributed by atoms with Crippen molar-refractivity contribution in [2.24, 2.45) is 0 Å². The second-order valence-electron chi connectivity index (χ2n) is 3.42. The topological polar surface area (TPSA) is 71.9 Å². The summed E-state index contributed by atoms with van der Waals surface area (Å²) in [5, 5.41) is 8.73. The summed E-state index contributed by atoms with van der Waals surface area (Å²) in [4.78, 5) is 4.00. The molecule has 0 aliphatic heterocycles. The minimum absolute atomic E-state index is 0.109. The third kappa shape index (κ3) is 3.13. The van der Waals surface area contributed by atoms with Crippen LogP contribution in [0.3, 0.4) is 0 Å². The van der Waals surface area contributed by atoms with Gasteiger partial charge in [0.2, 0.25) is 5.88 Å². The predicted octanol–water partition coefficient (Wildman–Crippen LogP) is 2.10. The highest BCUT2D eigenvalue weighted by Gasteiger charge is 2.06. The van der Waals surface area contributed by atoms with Crippen LogP contribution in [0.5, 0.6) is 5.88 Å². The van der Waals surface area contributed by atoms with Gasteiger partial charge in [-0.1, -0.05) is 13.3 Å². The van der Waals surface area contributed by atoms with Crippen molar-refractivity contribution in [3.63, 3.8) is 0 Å². The fourth-order valence-corrected chi connectivity index (χ4v) is 1.28. The lowest BCUT2D eigenvalue weighted by molar-refractivity contribution is 0.201. The standard InChI is InChI=1S/C11H15N3O/c1-3-4-8(2)15-11-6-5-9(13)10(7-12)14-11/h5-6,8H,3-4,13H2,1-2H3. The fraction of sp³-hybridized carbons (Fsp3) is 0.455. The maximum Gasteiger partial charge on any atom is 0.214 e. The van der Waals surface area contributed by atoms with Gasteiger partial charge in [-0.3, -0.25) is 0 Å². The Kier molecular flexibility index (Phi) is 3.92. The molecular weight excluding hydrogens is 190 g/mol. The summed E-state index contributed by atoms with van der Waals surface area (Å²) < 4.78 is 5.53. The highest BCUT2D eigenvalue weighted by atomic mass is 16.5. The Bertz CT molecular complexity index is 371. The number of nitriles is 1. The molecule has 0 aliphatic carbocycles. The molecule has 1 unspecified atom stereocenters. The Morgan fingerprint density at radius 2 is 2.33 bits per heavy atom. The second-order valence-corrected chi connectivity index (χ2v) is 3.42. The molecule has 4 heteroatoms. The zero-order chi connectivity index (χ0) is 11.3. The van der Waals surface area contributed by atoms with Crippen molar-refractivity contribution < 1.29 is 4.74 Å². The van der Waals surface area contributed by atoms with Gasteiger partial charge in [0, 0.05) is 6.07 Å². The van der Waals surface area contributed by atoms with Crippen molar-refractivity contribution in [2.75, 3.05) is 5.73 Å². The van der Waals surface area contributed by atoms with Crippen LogP contribution in [0.4, 0.5) is 5.69 Å². The largest absolute Gasteiger partial charge is 0.475 e. The van der Waals surface area contributed by atoms with E-state index in [1.807, 2.05) is 13.0 Å². The minimum atomic E-state index is 0.109. The zero-order valence-electron chi connectivity index (χ0n) is 9.03. The molecule has 0 saturated carbocycles. The highest BCUT2D eigenvalue weighted by molar-refractivity contribution is 5.50. The van der Waals surface area contributed by atoms with Crippen LogP contribution in [-0.2, 0) is 0 Å². The molecule has 1 rings (SSSR count). The third-order valence-corrected chi connectivity index (χ3v) is 2.02. The molecule has 0 fully saturated rings. The van der Waals surface area contributed by atoms with Crippen molar-refractivity contribution >= 4 is 5.69 Å². The van der Waals surface area contributed by atoms with E-state index in [4.69, 9.17) is 15.7 Å². The molecule has 15 heavy (non-hydrogen) atoms. The van der Waals surface area contributed by atoms with E-state index in [2.05, 4.69) is 11.9 Å². The molecular formula is C11H15N3O. The molecule has 0 bridgehead atoms. The lowest BCUT2D eigenvalue weighted by Crippen LogP contribution is -2.12. The van der Waals surface area contributed by atoms with Crippen LogP contribution >= 0.6 is 0 Å². The number of nitrogens with zero attached hydrogens (tertiary/aromatic N) is 2. The highest BCUT2D eigenvalue weighted by Crippen LogP contribution is 2.16. The Balaban J connectivity index is 2.75. The number of hydrogen-bond donors (Lipinski definition) is 1. The van der Waals surface area contributed by atoms with Gasteiger partial charge < -0.3 is 10.5 Å². The first-order valence-electron chi connectivity index (χ1n) is 5.00. The summed E-state index contributed by atoms with van der Waals surface area (Å²) in [6.07, 6.45) is 2.13. The molecule has 0 spiro atoms. The summed E-state index contributed by atoms with van der Waals surface area (Å²) in [7, 11) is 0. The van der Waals surface area contributed by atoms with Gasteiger partial charge in [-0.2, -0.15) is 5.26 Å². The van der Waals surface area contributed by atoms with Gasteiger partial charge in [0.25, 0.3) is 0 Å². The number of rotatable bonds is 4. The quantitative estimate of drug-likeness (QED) is 0.817. The first kappa shape index (κ1) is 11.3. The lowest BCUT2D eigenvalue weighted by Gasteiger charge is -2.12. The van der Waals surface area contributed by atoms with Crippen LogP contribution in [0, 0.1) is 11.3 Å². The number of ether oxygens (including phenoxy) is 1. The number of anilines is 1. The maximum absolute atomic E-state index is 8.73. The monoisotopic (exact) mass is 205 g/mol. The van der Waals surface area contributed by atoms with E-state index in [0.29, 0.717) is 11.6 Å². The molecule has 1 heterocycles. The molecule has 80 valence electrons. The number of nitrogens with two attached hydrogens (primary N) is 1. The van der Waals surface area contributed by atoms with Crippen LogP contribution in [0.1, 0.15) is 32.4 Å². The normalized spacial score (nSPS) is 11.8. The van der Waals surface area contributed by atoms with E-state index in [0.717, 1.165) is 12.8 Å². The summed E-state index contributed by atoms with van der Waals surface area (Å²) in [5.74, 6) is 0.460. The van der Waals surface area contributed by atoms with E-state index >= 15 is 0 Å². The van der Waals surface area contributed by atoms with Crippen LogP contribution in [0.25, 0.3) is 0 Å². The van der Waals surface area contributed by atoms with E-state index in [9.17, 15) is 0 Å². The second kappa shape index (κ2) is 5.20. The zero-order valence-corrected chi connectivity index (χ0v) is 9.03. The summed E-state index contributed by atoms with van der Waals surface area (Å²) in [6.45, 7) is 4.07. The summed E-state index contributed by atoms with van der Waals surface area (Å²) in [5.41, 5.74) is 6.15. The Morgan fingerprint density at radius 3 is 2.93 bits per heavy atom. The van der Waals surface area contributed by atoms with Gasteiger partial charge in [0.15, 0.2) is 5.69 Å². The average molecular weight is 205 g/mol. The first-order valence-corrected chi connectivity index (χ1v) is 5.00. The van der Waals surface area contributed by atoms with Crippen LogP contribution in [0.2, 0.25) is 0 Å². The van der Waals surface area contributed by atoms with Crippen molar-refractivity contribution in [3.05, 3.63) is 17.8 Å². The SMILES string of the molecule is CCCC(C)Oc1ccc(N)c(C#N)n1. The van der Waals surface area contributed by atoms with Gasteiger partial charge in [-0.05, 0) is 19.4 Å². The fourth-order valence-electron chi connectivity index (χ4n) is 1.28. The smallest absolute Gasteiger partial charge is 0.214 e. The van der Waals surface area contributed by atoms with Gasteiger partial charge in [0.1, 0.15) is 6.07 Å². The molecule has 0 radical (unpaired) electrons. The van der Waals surface area contributed by atoms with E-state index in [1.54, 1.807) is 12.1 Å². The van der Waals surface area contributed by atoms with Crippen LogP contribution < -0.4 is 10.5 Å². The molecule has 1 aromatic heterocycles. The number of pyridine rings is 1. The van der Waals surface area contributed by atoms with Crippen LogP contribution in [0.15, 0.2) is 12.1 Å². The van der Waals surface area contributed by atoms with Gasteiger partial charge in [-0.25, -0.2) is 4.98 Å². The molecule has 0 aromatic carbocycles. The molecule has 1 atom stereocenters. The van der Waals surface area contributed by atoms with Crippen molar-refractivity contribution in [1.82, 2.24) is 4.98 Å². The van der Waals surface area contributed by atoms with Crippen molar-refractivity contribution in [3.8, 4) is 11.9 Å². The summed E-state index contributed by atoms with van der Waals surface area (Å²) in [6, 6.07) is 5.25. The summed E-state index contributed by atoms with van der Waals surface area (Å²) >= 11 is 0. The third-order valence-electron chi connectivity index (χ3n) is 2.02. The van der Waals surface area contributed by atoms with Crippen molar-refractivity contribution in [2.45, 2.75) is 32.8 Å². The Hall–Kier alpha value is -1.76. The Labute approximate surface area is 89.7 Å². The minimum Gasteiger partial charge on any atom is -0.475 e. The lowest BCUT2D eigenvalue weighted by atomic mass is 10.2. The van der Waals surface area contributed by atoms with E-state index < -0.39 is 0 Å². The first-order chi connectivity index (χ1) is 7.17. The van der Waals surface area contributed by atoms with Gasteiger partial charge in [-0.15, -0.1) is 0 Å². The van der Waals surface area contributed by atoms with E-state index in [-0.39, 0.29) is 11.8 Å². The Morgan fingerprint density at radius 1 is 1.60 bits per heavy atom. The van der Waals surface area contributed by atoms with E-state index in [1.165, 1.54) is 0 Å². The number of nitrogen functional groups attached to an aromatic ring is 1.